The number of ether oxygens (including phenoxy) is 1. The zero-order valence-electron chi connectivity index (χ0n) is 10.1. The van der Waals surface area contributed by atoms with Gasteiger partial charge in [0.1, 0.15) is 0 Å². The predicted molar refractivity (Wildman–Crippen MR) is 72.8 cm³/mol. The van der Waals surface area contributed by atoms with Crippen LogP contribution in [0.5, 0.6) is 0 Å². The summed E-state index contributed by atoms with van der Waals surface area (Å²) in [7, 11) is -2.43. The highest BCUT2D eigenvalue weighted by molar-refractivity contribution is 9.09. The Kier molecular flexibility index (Phi) is 5.41. The van der Waals surface area contributed by atoms with E-state index in [4.69, 9.17) is 9.88 Å². The minimum Gasteiger partial charge on any atom is -0.384 e. The number of halogens is 1. The maximum absolute atomic E-state index is 11.2. The molecule has 1 unspecified atom stereocenters. The van der Waals surface area contributed by atoms with Crippen molar-refractivity contribution in [1.82, 2.24) is 0 Å². The van der Waals surface area contributed by atoms with Crippen molar-refractivity contribution in [2.75, 3.05) is 13.7 Å². The van der Waals surface area contributed by atoms with E-state index in [2.05, 4.69) is 15.9 Å². The maximum atomic E-state index is 11.2. The molecule has 1 atom stereocenters. The number of nitro benzene ring substituents is 1. The third kappa shape index (κ3) is 4.53. The van der Waals surface area contributed by atoms with Gasteiger partial charge in [-0.25, -0.2) is 13.6 Å². The molecule has 0 heterocycles. The van der Waals surface area contributed by atoms with Gasteiger partial charge in [0.05, 0.1) is 16.4 Å². The number of alkyl halides is 1. The molecule has 0 bridgehead atoms. The summed E-state index contributed by atoms with van der Waals surface area (Å²) in [5, 5.41) is 15.9. The minimum absolute atomic E-state index is 0.100. The van der Waals surface area contributed by atoms with E-state index >= 15 is 0 Å². The predicted octanol–water partition coefficient (Wildman–Crippen LogP) is 1.19. The fourth-order valence-corrected chi connectivity index (χ4v) is 2.69. The number of methoxy groups -OCH3 is 1. The molecule has 0 amide bonds. The average molecular weight is 353 g/mol. The number of benzene rings is 1. The summed E-state index contributed by atoms with van der Waals surface area (Å²) in [4.78, 5) is 9.96. The lowest BCUT2D eigenvalue weighted by Crippen LogP contribution is -2.14. The quantitative estimate of drug-likeness (QED) is 0.469. The maximum Gasteiger partial charge on any atom is 0.273 e. The zero-order chi connectivity index (χ0) is 14.6. The molecule has 7 nitrogen and oxygen atoms in total. The van der Waals surface area contributed by atoms with Gasteiger partial charge in [0.15, 0.2) is 0 Å². The minimum atomic E-state index is -3.96. The summed E-state index contributed by atoms with van der Waals surface area (Å²) in [6.45, 7) is 0.383. The van der Waals surface area contributed by atoms with E-state index in [9.17, 15) is 18.5 Å². The second-order valence-corrected chi connectivity index (χ2v) is 6.71. The van der Waals surface area contributed by atoms with Crippen LogP contribution in [0.25, 0.3) is 0 Å². The summed E-state index contributed by atoms with van der Waals surface area (Å²) in [6.07, 6.45) is 0.342. The third-order valence-corrected chi connectivity index (χ3v) is 3.87. The van der Waals surface area contributed by atoms with Gasteiger partial charge in [-0.05, 0) is 12.5 Å². The first-order chi connectivity index (χ1) is 8.75. The van der Waals surface area contributed by atoms with E-state index < -0.39 is 14.9 Å². The molecule has 0 spiro atoms. The number of sulfonamides is 1. The highest BCUT2D eigenvalue weighted by atomic mass is 79.9. The first-order valence-electron chi connectivity index (χ1n) is 5.19. The summed E-state index contributed by atoms with van der Waals surface area (Å²) < 4.78 is 27.3. The standard InChI is InChI=1S/C10H13BrN2O5S/c1-18-6-8(11)4-7-2-3-9(19(12,16)17)5-10(7)13(14)15/h2-3,5,8H,4,6H2,1H3,(H2,12,16,17). The van der Waals surface area contributed by atoms with Gasteiger partial charge in [-0.2, -0.15) is 0 Å². The van der Waals surface area contributed by atoms with Gasteiger partial charge < -0.3 is 4.74 Å². The van der Waals surface area contributed by atoms with Crippen molar-refractivity contribution < 1.29 is 18.1 Å². The van der Waals surface area contributed by atoms with E-state index in [1.165, 1.54) is 19.2 Å². The molecule has 9 heteroatoms. The number of rotatable bonds is 6. The van der Waals surface area contributed by atoms with Crippen LogP contribution in [0.4, 0.5) is 5.69 Å². The Labute approximate surface area is 119 Å². The summed E-state index contributed by atoms with van der Waals surface area (Å²) in [6, 6.07) is 3.61. The van der Waals surface area contributed by atoms with E-state index in [1.807, 2.05) is 0 Å². The second kappa shape index (κ2) is 6.42. The van der Waals surface area contributed by atoms with Crippen molar-refractivity contribution in [1.29, 1.82) is 0 Å². The molecular weight excluding hydrogens is 340 g/mol. The fraction of sp³-hybridized carbons (Fsp3) is 0.400. The molecule has 0 aliphatic carbocycles. The summed E-state index contributed by atoms with van der Waals surface area (Å²) >= 11 is 3.33. The van der Waals surface area contributed by atoms with Crippen molar-refractivity contribution >= 4 is 31.6 Å². The molecular formula is C10H13BrN2O5S. The van der Waals surface area contributed by atoms with Crippen LogP contribution in [0, 0.1) is 10.1 Å². The average Bonchev–Trinajstić information content (AvgIpc) is 2.27. The topological polar surface area (TPSA) is 113 Å². The molecule has 106 valence electrons. The Balaban J connectivity index is 3.16. The van der Waals surface area contributed by atoms with E-state index in [0.29, 0.717) is 18.6 Å². The molecule has 1 aromatic rings. The molecule has 0 aliphatic heterocycles. The SMILES string of the molecule is COCC(Br)Cc1ccc(S(N)(=O)=O)cc1[N+](=O)[O-]. The first kappa shape index (κ1) is 16.0. The Morgan fingerprint density at radius 1 is 1.53 bits per heavy atom. The Morgan fingerprint density at radius 2 is 2.16 bits per heavy atom. The van der Waals surface area contributed by atoms with Crippen molar-refractivity contribution in [3.8, 4) is 0 Å². The van der Waals surface area contributed by atoms with Gasteiger partial charge >= 0.3 is 0 Å². The van der Waals surface area contributed by atoms with Crippen molar-refractivity contribution in [3.63, 3.8) is 0 Å². The van der Waals surface area contributed by atoms with Crippen molar-refractivity contribution in [2.45, 2.75) is 16.1 Å². The Hall–Kier alpha value is -1.03. The number of hydrogen-bond donors (Lipinski definition) is 1. The number of nitro groups is 1. The number of primary sulfonamides is 1. The van der Waals surface area contributed by atoms with Crippen molar-refractivity contribution in [3.05, 3.63) is 33.9 Å². The molecule has 1 rings (SSSR count). The largest absolute Gasteiger partial charge is 0.384 e. The zero-order valence-corrected chi connectivity index (χ0v) is 12.5. The molecule has 0 saturated carbocycles. The van der Waals surface area contributed by atoms with E-state index in [0.717, 1.165) is 6.07 Å². The molecule has 2 N–H and O–H groups in total. The molecule has 0 radical (unpaired) electrons. The summed E-state index contributed by atoms with van der Waals surface area (Å²) in [5.41, 5.74) is 0.142. The fourth-order valence-electron chi connectivity index (χ4n) is 1.54. The van der Waals surface area contributed by atoms with Crippen LogP contribution in [0.1, 0.15) is 5.56 Å². The van der Waals surface area contributed by atoms with Gasteiger partial charge in [-0.3, -0.25) is 10.1 Å². The molecule has 0 aromatic heterocycles. The van der Waals surface area contributed by atoms with E-state index in [1.54, 1.807) is 0 Å². The number of nitrogens with two attached hydrogens (primary N) is 1. The van der Waals surface area contributed by atoms with Crippen LogP contribution in [-0.2, 0) is 21.2 Å². The van der Waals surface area contributed by atoms with Gasteiger partial charge in [-0.15, -0.1) is 0 Å². The normalized spacial score (nSPS) is 13.2. The van der Waals surface area contributed by atoms with Crippen LogP contribution in [0.2, 0.25) is 0 Å². The number of hydrogen-bond acceptors (Lipinski definition) is 5. The lowest BCUT2D eigenvalue weighted by Gasteiger charge is -2.09. The first-order valence-corrected chi connectivity index (χ1v) is 7.65. The molecule has 19 heavy (non-hydrogen) atoms. The van der Waals surface area contributed by atoms with E-state index in [-0.39, 0.29) is 15.4 Å². The van der Waals surface area contributed by atoms with Gasteiger partial charge in [0.25, 0.3) is 5.69 Å². The second-order valence-electron chi connectivity index (χ2n) is 3.85. The molecule has 1 aromatic carbocycles. The molecule has 0 aliphatic rings. The smallest absolute Gasteiger partial charge is 0.273 e. The third-order valence-electron chi connectivity index (χ3n) is 2.37. The highest BCUT2D eigenvalue weighted by Gasteiger charge is 2.20. The highest BCUT2D eigenvalue weighted by Crippen LogP contribution is 2.25. The lowest BCUT2D eigenvalue weighted by molar-refractivity contribution is -0.385. The van der Waals surface area contributed by atoms with Gasteiger partial charge in [0, 0.05) is 23.6 Å². The molecule has 0 saturated heterocycles. The monoisotopic (exact) mass is 352 g/mol. The van der Waals surface area contributed by atoms with Crippen LogP contribution in [0.3, 0.4) is 0 Å². The van der Waals surface area contributed by atoms with Gasteiger partial charge in [0.2, 0.25) is 10.0 Å². The van der Waals surface area contributed by atoms with Gasteiger partial charge in [-0.1, -0.05) is 22.0 Å². The molecule has 0 fully saturated rings. The van der Waals surface area contributed by atoms with Crippen LogP contribution >= 0.6 is 15.9 Å². The van der Waals surface area contributed by atoms with Crippen LogP contribution < -0.4 is 5.14 Å². The van der Waals surface area contributed by atoms with Crippen LogP contribution in [-0.4, -0.2) is 31.9 Å². The summed E-state index contributed by atoms with van der Waals surface area (Å²) in [5.74, 6) is 0. The van der Waals surface area contributed by atoms with Crippen molar-refractivity contribution in [2.24, 2.45) is 5.14 Å². The Bertz CT molecular complexity index is 575. The Morgan fingerprint density at radius 3 is 2.63 bits per heavy atom. The van der Waals surface area contributed by atoms with Crippen LogP contribution in [0.15, 0.2) is 23.1 Å². The lowest BCUT2D eigenvalue weighted by atomic mass is 10.1. The number of nitrogens with zero attached hydrogens (tertiary/aromatic N) is 1.